The highest BCUT2D eigenvalue weighted by molar-refractivity contribution is 6.03. The van der Waals surface area contributed by atoms with Gasteiger partial charge in [0.2, 0.25) is 0 Å². The Kier molecular flexibility index (Phi) is 8.68. The number of hydrogen-bond acceptors (Lipinski definition) is 4. The molecule has 2 aromatic rings. The molecule has 0 heterocycles. The van der Waals surface area contributed by atoms with Crippen molar-refractivity contribution < 1.29 is 14.3 Å². The van der Waals surface area contributed by atoms with Gasteiger partial charge in [-0.25, -0.2) is 4.79 Å². The van der Waals surface area contributed by atoms with Crippen LogP contribution in [-0.4, -0.2) is 46.3 Å². The van der Waals surface area contributed by atoms with Crippen LogP contribution in [0.25, 0.3) is 0 Å². The lowest BCUT2D eigenvalue weighted by Gasteiger charge is -2.18. The third-order valence-electron chi connectivity index (χ3n) is 4.63. The first kappa shape index (κ1) is 23.2. The summed E-state index contributed by atoms with van der Waals surface area (Å²) >= 11 is 0. The van der Waals surface area contributed by atoms with E-state index in [1.807, 2.05) is 49.3 Å². The van der Waals surface area contributed by atoms with Crippen molar-refractivity contribution in [3.63, 3.8) is 0 Å². The Labute approximate surface area is 178 Å². The van der Waals surface area contributed by atoms with E-state index >= 15 is 0 Å². The topological polar surface area (TPSA) is 82.7 Å². The van der Waals surface area contributed by atoms with Gasteiger partial charge in [0, 0.05) is 51.4 Å². The standard InChI is InChI=1S/C23H32N4O3/c1-16(2)17-7-9-18(10-8-17)25-23(29)26-19-11-12-21(27(3)4)20(15-19)22(28)24-13-6-14-30-5/h7-12,15-16H,6,13-14H2,1-5H3,(H,24,28)(H2,25,26,29). The number of ether oxygens (including phenoxy) is 1. The van der Waals surface area contributed by atoms with E-state index in [1.165, 1.54) is 5.56 Å². The van der Waals surface area contributed by atoms with Crippen molar-refractivity contribution in [1.82, 2.24) is 5.32 Å². The number of rotatable bonds is 9. The SMILES string of the molecule is COCCCNC(=O)c1cc(NC(=O)Nc2ccc(C(C)C)cc2)ccc1N(C)C. The van der Waals surface area contributed by atoms with Crippen molar-refractivity contribution in [1.29, 1.82) is 0 Å². The summed E-state index contributed by atoms with van der Waals surface area (Å²) < 4.78 is 5.01. The van der Waals surface area contributed by atoms with E-state index in [-0.39, 0.29) is 11.9 Å². The second-order valence-corrected chi connectivity index (χ2v) is 7.58. The number of methoxy groups -OCH3 is 1. The van der Waals surface area contributed by atoms with Gasteiger partial charge in [0.1, 0.15) is 0 Å². The summed E-state index contributed by atoms with van der Waals surface area (Å²) in [6.07, 6.45) is 0.732. The van der Waals surface area contributed by atoms with Crippen molar-refractivity contribution in [3.8, 4) is 0 Å². The van der Waals surface area contributed by atoms with E-state index in [1.54, 1.807) is 19.2 Å². The summed E-state index contributed by atoms with van der Waals surface area (Å²) in [5.74, 6) is 0.241. The van der Waals surface area contributed by atoms with Crippen LogP contribution in [-0.2, 0) is 4.74 Å². The lowest BCUT2D eigenvalue weighted by atomic mass is 10.0. The molecule has 2 rings (SSSR count). The second-order valence-electron chi connectivity index (χ2n) is 7.58. The van der Waals surface area contributed by atoms with E-state index < -0.39 is 0 Å². The molecule has 0 bridgehead atoms. The van der Waals surface area contributed by atoms with Crippen molar-refractivity contribution in [3.05, 3.63) is 53.6 Å². The molecule has 162 valence electrons. The van der Waals surface area contributed by atoms with Crippen LogP contribution in [0.3, 0.4) is 0 Å². The summed E-state index contributed by atoms with van der Waals surface area (Å²) in [5.41, 5.74) is 3.73. The summed E-state index contributed by atoms with van der Waals surface area (Å²) in [4.78, 5) is 26.9. The van der Waals surface area contributed by atoms with Crippen LogP contribution in [0, 0.1) is 0 Å². The monoisotopic (exact) mass is 412 g/mol. The smallest absolute Gasteiger partial charge is 0.323 e. The zero-order valence-corrected chi connectivity index (χ0v) is 18.4. The molecular formula is C23H32N4O3. The van der Waals surface area contributed by atoms with Crippen LogP contribution in [0.2, 0.25) is 0 Å². The maximum Gasteiger partial charge on any atom is 0.323 e. The Bertz CT molecular complexity index is 848. The Morgan fingerprint density at radius 1 is 1.00 bits per heavy atom. The van der Waals surface area contributed by atoms with E-state index in [9.17, 15) is 9.59 Å². The maximum atomic E-state index is 12.6. The van der Waals surface area contributed by atoms with Crippen molar-refractivity contribution in [2.45, 2.75) is 26.2 Å². The molecule has 30 heavy (non-hydrogen) atoms. The van der Waals surface area contributed by atoms with Crippen LogP contribution in [0.15, 0.2) is 42.5 Å². The number of carbonyl (C=O) groups excluding carboxylic acids is 2. The van der Waals surface area contributed by atoms with Gasteiger partial charge in [0.05, 0.1) is 5.56 Å². The average Bonchev–Trinajstić information content (AvgIpc) is 2.71. The van der Waals surface area contributed by atoms with Gasteiger partial charge in [0.25, 0.3) is 5.91 Å². The third kappa shape index (κ3) is 6.77. The molecule has 3 amide bonds. The van der Waals surface area contributed by atoms with Crippen LogP contribution >= 0.6 is 0 Å². The minimum atomic E-state index is -0.364. The molecule has 0 saturated heterocycles. The number of carbonyl (C=O) groups is 2. The summed E-state index contributed by atoms with van der Waals surface area (Å²) in [7, 11) is 5.38. The van der Waals surface area contributed by atoms with Gasteiger partial charge in [-0.1, -0.05) is 26.0 Å². The molecule has 0 fully saturated rings. The number of urea groups is 1. The van der Waals surface area contributed by atoms with Crippen LogP contribution < -0.4 is 20.9 Å². The summed E-state index contributed by atoms with van der Waals surface area (Å²) in [5, 5.41) is 8.50. The second kappa shape index (κ2) is 11.2. The van der Waals surface area contributed by atoms with Gasteiger partial charge in [-0.3, -0.25) is 4.79 Å². The van der Waals surface area contributed by atoms with E-state index in [2.05, 4.69) is 29.8 Å². The van der Waals surface area contributed by atoms with Crippen molar-refractivity contribution >= 4 is 29.0 Å². The third-order valence-corrected chi connectivity index (χ3v) is 4.63. The molecule has 0 aliphatic carbocycles. The van der Waals surface area contributed by atoms with Gasteiger partial charge in [-0.05, 0) is 48.2 Å². The van der Waals surface area contributed by atoms with Gasteiger partial charge in [-0.2, -0.15) is 0 Å². The molecule has 0 aliphatic rings. The first-order chi connectivity index (χ1) is 14.3. The molecule has 3 N–H and O–H groups in total. The molecule has 7 nitrogen and oxygen atoms in total. The highest BCUT2D eigenvalue weighted by Gasteiger charge is 2.15. The number of benzene rings is 2. The first-order valence-electron chi connectivity index (χ1n) is 10.1. The predicted octanol–water partition coefficient (Wildman–Crippen LogP) is 4.29. The van der Waals surface area contributed by atoms with Gasteiger partial charge in [-0.15, -0.1) is 0 Å². The minimum absolute atomic E-state index is 0.192. The fourth-order valence-electron chi connectivity index (χ4n) is 2.94. The molecule has 0 unspecified atom stereocenters. The Balaban J connectivity index is 2.07. The fraction of sp³-hybridized carbons (Fsp3) is 0.391. The summed E-state index contributed by atoms with van der Waals surface area (Å²) in [6.45, 7) is 5.35. The zero-order valence-electron chi connectivity index (χ0n) is 18.4. The normalized spacial score (nSPS) is 10.6. The number of amides is 3. The minimum Gasteiger partial charge on any atom is -0.385 e. The van der Waals surface area contributed by atoms with Gasteiger partial charge < -0.3 is 25.6 Å². The van der Waals surface area contributed by atoms with Crippen molar-refractivity contribution in [2.75, 3.05) is 49.9 Å². The molecule has 0 atom stereocenters. The Hall–Kier alpha value is -3.06. The molecule has 0 saturated carbocycles. The van der Waals surface area contributed by atoms with E-state index in [4.69, 9.17) is 4.74 Å². The van der Waals surface area contributed by atoms with Crippen LogP contribution in [0.4, 0.5) is 21.9 Å². The molecule has 2 aromatic carbocycles. The largest absolute Gasteiger partial charge is 0.385 e. The molecule has 0 spiro atoms. The number of hydrogen-bond donors (Lipinski definition) is 3. The van der Waals surface area contributed by atoms with Crippen LogP contribution in [0.5, 0.6) is 0 Å². The Morgan fingerprint density at radius 3 is 2.23 bits per heavy atom. The number of nitrogens with zero attached hydrogens (tertiary/aromatic N) is 1. The molecular weight excluding hydrogens is 380 g/mol. The van der Waals surface area contributed by atoms with Gasteiger partial charge in [0.15, 0.2) is 0 Å². The first-order valence-corrected chi connectivity index (χ1v) is 10.1. The van der Waals surface area contributed by atoms with E-state index in [0.29, 0.717) is 36.0 Å². The van der Waals surface area contributed by atoms with Crippen molar-refractivity contribution in [2.24, 2.45) is 0 Å². The highest BCUT2D eigenvalue weighted by Crippen LogP contribution is 2.23. The molecule has 7 heteroatoms. The number of nitrogens with one attached hydrogen (secondary N) is 3. The molecule has 0 radical (unpaired) electrons. The van der Waals surface area contributed by atoms with E-state index in [0.717, 1.165) is 12.1 Å². The average molecular weight is 413 g/mol. The maximum absolute atomic E-state index is 12.6. The Morgan fingerprint density at radius 2 is 1.63 bits per heavy atom. The number of anilines is 3. The molecule has 0 aliphatic heterocycles. The van der Waals surface area contributed by atoms with Crippen LogP contribution in [0.1, 0.15) is 42.1 Å². The summed E-state index contributed by atoms with van der Waals surface area (Å²) in [6, 6.07) is 12.7. The lowest BCUT2D eigenvalue weighted by Crippen LogP contribution is -2.27. The lowest BCUT2D eigenvalue weighted by molar-refractivity contribution is 0.0949. The predicted molar refractivity (Wildman–Crippen MR) is 123 cm³/mol. The quantitative estimate of drug-likeness (QED) is 0.537. The van der Waals surface area contributed by atoms with Gasteiger partial charge >= 0.3 is 6.03 Å². The highest BCUT2D eigenvalue weighted by atomic mass is 16.5. The zero-order chi connectivity index (χ0) is 22.1. The fourth-order valence-corrected chi connectivity index (χ4v) is 2.94. The molecule has 0 aromatic heterocycles.